The molecular formula is C24H24N. The number of rotatable bonds is 6. The lowest BCUT2D eigenvalue weighted by molar-refractivity contribution is 0.553. The molecule has 1 nitrogen and oxygen atoms in total. The molecule has 0 aliphatic heterocycles. The Bertz CT molecular complexity index is 732. The van der Waals surface area contributed by atoms with E-state index in [-0.39, 0.29) is 0 Å². The summed E-state index contributed by atoms with van der Waals surface area (Å²) in [6.07, 6.45) is 4.98. The fraction of sp³-hybridized carbons (Fsp3) is 0.208. The molecular weight excluding hydrogens is 302 g/mol. The first kappa shape index (κ1) is 16.0. The topological polar surface area (TPSA) is 3.24 Å². The largest absolute Gasteiger partial charge is 0.363 e. The van der Waals surface area contributed by atoms with E-state index in [0.29, 0.717) is 5.92 Å². The maximum Gasteiger partial charge on any atom is 0.0433 e. The van der Waals surface area contributed by atoms with Crippen LogP contribution in [-0.4, -0.2) is 0 Å². The summed E-state index contributed by atoms with van der Waals surface area (Å²) in [6, 6.07) is 30.6. The molecule has 1 fully saturated rings. The van der Waals surface area contributed by atoms with Gasteiger partial charge >= 0.3 is 0 Å². The van der Waals surface area contributed by atoms with Crippen molar-refractivity contribution in [1.29, 1.82) is 0 Å². The maximum absolute atomic E-state index is 2.46. The molecule has 0 saturated heterocycles. The molecule has 0 spiro atoms. The van der Waals surface area contributed by atoms with Gasteiger partial charge in [0, 0.05) is 18.8 Å². The van der Waals surface area contributed by atoms with Crippen LogP contribution in [0.25, 0.3) is 0 Å². The third-order valence-corrected chi connectivity index (χ3v) is 5.05. The molecule has 0 amide bonds. The van der Waals surface area contributed by atoms with Crippen LogP contribution in [0.3, 0.4) is 0 Å². The molecule has 1 aliphatic carbocycles. The lowest BCUT2D eigenvalue weighted by Gasteiger charge is -2.28. The van der Waals surface area contributed by atoms with Gasteiger partial charge in [-0.15, -0.1) is 0 Å². The molecule has 1 atom stereocenters. The van der Waals surface area contributed by atoms with Crippen LogP contribution >= 0.6 is 0 Å². The summed E-state index contributed by atoms with van der Waals surface area (Å²) in [7, 11) is 0. The van der Waals surface area contributed by atoms with Crippen molar-refractivity contribution < 1.29 is 0 Å². The fourth-order valence-corrected chi connectivity index (χ4v) is 3.41. The number of benzene rings is 3. The highest BCUT2D eigenvalue weighted by Crippen LogP contribution is 2.36. The first-order valence-corrected chi connectivity index (χ1v) is 9.14. The smallest absolute Gasteiger partial charge is 0.0433 e. The second-order valence-electron chi connectivity index (χ2n) is 6.84. The van der Waals surface area contributed by atoms with E-state index in [4.69, 9.17) is 0 Å². The van der Waals surface area contributed by atoms with Gasteiger partial charge < -0.3 is 4.90 Å². The van der Waals surface area contributed by atoms with Gasteiger partial charge in [-0.25, -0.2) is 0 Å². The maximum atomic E-state index is 2.46. The van der Waals surface area contributed by atoms with Crippen molar-refractivity contribution in [3.63, 3.8) is 0 Å². The molecule has 25 heavy (non-hydrogen) atoms. The monoisotopic (exact) mass is 326 g/mol. The first-order chi connectivity index (χ1) is 12.4. The van der Waals surface area contributed by atoms with Crippen molar-refractivity contribution in [3.8, 4) is 0 Å². The number of hydrogen-bond donors (Lipinski definition) is 0. The van der Waals surface area contributed by atoms with Crippen molar-refractivity contribution in [2.75, 3.05) is 4.90 Å². The summed E-state index contributed by atoms with van der Waals surface area (Å²) in [4.78, 5) is 2.46. The van der Waals surface area contributed by atoms with E-state index < -0.39 is 0 Å². The SMILES string of the molecule is [CH]1CCC1c1ccc(N(Cc2ccccc2)Cc2ccccc2)cc1. The van der Waals surface area contributed by atoms with Crippen LogP contribution in [0.1, 0.15) is 35.4 Å². The Morgan fingerprint density at radius 3 is 1.64 bits per heavy atom. The Kier molecular flexibility index (Phi) is 4.83. The Balaban J connectivity index is 1.57. The molecule has 1 unspecified atom stereocenters. The molecule has 1 heteroatoms. The van der Waals surface area contributed by atoms with Crippen LogP contribution in [0.2, 0.25) is 0 Å². The highest BCUT2D eigenvalue weighted by atomic mass is 15.1. The Hall–Kier alpha value is -2.54. The van der Waals surface area contributed by atoms with Gasteiger partial charge in [-0.2, -0.15) is 0 Å². The van der Waals surface area contributed by atoms with E-state index in [1.54, 1.807) is 0 Å². The van der Waals surface area contributed by atoms with Gasteiger partial charge in [0.1, 0.15) is 0 Å². The average Bonchev–Trinajstić information content (AvgIpc) is 2.62. The Morgan fingerprint density at radius 1 is 0.680 bits per heavy atom. The quantitative estimate of drug-likeness (QED) is 0.539. The van der Waals surface area contributed by atoms with Crippen LogP contribution in [0.15, 0.2) is 84.9 Å². The first-order valence-electron chi connectivity index (χ1n) is 9.14. The number of anilines is 1. The van der Waals surface area contributed by atoms with Crippen LogP contribution < -0.4 is 4.90 Å². The fourth-order valence-electron chi connectivity index (χ4n) is 3.41. The van der Waals surface area contributed by atoms with Crippen molar-refractivity contribution in [3.05, 3.63) is 108 Å². The van der Waals surface area contributed by atoms with E-state index in [0.717, 1.165) is 13.1 Å². The molecule has 125 valence electrons. The molecule has 1 aliphatic rings. The molecule has 3 aromatic carbocycles. The van der Waals surface area contributed by atoms with Gasteiger partial charge in [-0.3, -0.25) is 0 Å². The minimum Gasteiger partial charge on any atom is -0.363 e. The van der Waals surface area contributed by atoms with Crippen LogP contribution in [0, 0.1) is 6.42 Å². The van der Waals surface area contributed by atoms with E-state index in [1.165, 1.54) is 35.2 Å². The summed E-state index contributed by atoms with van der Waals surface area (Å²) < 4.78 is 0. The minimum absolute atomic E-state index is 0.672. The van der Waals surface area contributed by atoms with E-state index >= 15 is 0 Å². The minimum atomic E-state index is 0.672. The summed E-state index contributed by atoms with van der Waals surface area (Å²) in [5.74, 6) is 0.672. The van der Waals surface area contributed by atoms with Gasteiger partial charge in [-0.05, 0) is 54.0 Å². The van der Waals surface area contributed by atoms with Crippen molar-refractivity contribution in [2.45, 2.75) is 31.8 Å². The summed E-state index contributed by atoms with van der Waals surface area (Å²) in [5, 5.41) is 0. The highest BCUT2D eigenvalue weighted by molar-refractivity contribution is 5.50. The van der Waals surface area contributed by atoms with Crippen LogP contribution in [0.5, 0.6) is 0 Å². The molecule has 1 saturated carbocycles. The molecule has 0 bridgehead atoms. The van der Waals surface area contributed by atoms with Gasteiger partial charge in [-0.1, -0.05) is 72.8 Å². The van der Waals surface area contributed by atoms with Gasteiger partial charge in [0.2, 0.25) is 0 Å². The van der Waals surface area contributed by atoms with E-state index in [2.05, 4.69) is 96.2 Å². The second-order valence-corrected chi connectivity index (χ2v) is 6.84. The average molecular weight is 326 g/mol. The zero-order valence-corrected chi connectivity index (χ0v) is 14.5. The Labute approximate surface area is 150 Å². The van der Waals surface area contributed by atoms with Crippen LogP contribution in [-0.2, 0) is 13.1 Å². The lowest BCUT2D eigenvalue weighted by atomic mass is 9.80. The number of nitrogens with zero attached hydrogens (tertiary/aromatic N) is 1. The number of hydrogen-bond acceptors (Lipinski definition) is 1. The standard InChI is InChI=1S/C24H24N/c1-3-8-20(9-4-1)18-25(19-21-10-5-2-6-11-21)24-16-14-23(15-17-24)22-12-7-13-22/h1-6,8-12,14-17,22H,7,13,18-19H2. The molecule has 1 radical (unpaired) electrons. The zero-order valence-electron chi connectivity index (χ0n) is 14.5. The predicted molar refractivity (Wildman–Crippen MR) is 105 cm³/mol. The summed E-state index contributed by atoms with van der Waals surface area (Å²) in [5.41, 5.74) is 5.43. The van der Waals surface area contributed by atoms with Crippen molar-refractivity contribution in [1.82, 2.24) is 0 Å². The summed E-state index contributed by atoms with van der Waals surface area (Å²) >= 11 is 0. The third kappa shape index (κ3) is 3.93. The second kappa shape index (κ2) is 7.57. The molecule has 0 N–H and O–H groups in total. The van der Waals surface area contributed by atoms with Crippen molar-refractivity contribution in [2.24, 2.45) is 0 Å². The zero-order chi connectivity index (χ0) is 16.9. The predicted octanol–water partition coefficient (Wildman–Crippen LogP) is 5.98. The van der Waals surface area contributed by atoms with E-state index in [9.17, 15) is 0 Å². The van der Waals surface area contributed by atoms with Crippen molar-refractivity contribution >= 4 is 5.69 Å². The third-order valence-electron chi connectivity index (χ3n) is 5.05. The molecule has 0 aromatic heterocycles. The van der Waals surface area contributed by atoms with Gasteiger partial charge in [0.15, 0.2) is 0 Å². The summed E-state index contributed by atoms with van der Waals surface area (Å²) in [6.45, 7) is 1.84. The normalized spacial score (nSPS) is 14.1. The lowest BCUT2D eigenvalue weighted by Crippen LogP contribution is -2.22. The molecule has 4 rings (SSSR count). The molecule has 3 aromatic rings. The van der Waals surface area contributed by atoms with Crippen LogP contribution in [0.4, 0.5) is 5.69 Å². The highest BCUT2D eigenvalue weighted by Gasteiger charge is 2.19. The Morgan fingerprint density at radius 2 is 1.20 bits per heavy atom. The van der Waals surface area contributed by atoms with Gasteiger partial charge in [0.05, 0.1) is 0 Å². The van der Waals surface area contributed by atoms with E-state index in [1.807, 2.05) is 0 Å². The van der Waals surface area contributed by atoms with Gasteiger partial charge in [0.25, 0.3) is 0 Å². The molecule has 0 heterocycles.